The monoisotopic (exact) mass is 306 g/mol. The van der Waals surface area contributed by atoms with Crippen LogP contribution in [0.1, 0.15) is 38.3 Å². The number of thioether (sulfide) groups is 1. The van der Waals surface area contributed by atoms with Crippen LogP contribution < -0.4 is 5.32 Å². The third-order valence-electron chi connectivity index (χ3n) is 3.88. The molecule has 2 nitrogen and oxygen atoms in total. The second-order valence-corrected chi connectivity index (χ2v) is 8.16. The van der Waals surface area contributed by atoms with Crippen LogP contribution in [0.5, 0.6) is 0 Å². The SMILES string of the molecule is CC(C)(C)NCCc1ccccc1CN1CCCSCC1. The molecule has 0 bridgehead atoms. The minimum absolute atomic E-state index is 0.205. The van der Waals surface area contributed by atoms with Crippen LogP contribution in [0.3, 0.4) is 0 Å². The highest BCUT2D eigenvalue weighted by Crippen LogP contribution is 2.16. The van der Waals surface area contributed by atoms with Gasteiger partial charge in [-0.05, 0) is 63.6 Å². The van der Waals surface area contributed by atoms with Gasteiger partial charge in [-0.25, -0.2) is 0 Å². The highest BCUT2D eigenvalue weighted by molar-refractivity contribution is 7.99. The molecule has 21 heavy (non-hydrogen) atoms. The standard InChI is InChI=1S/C18H30N2S/c1-18(2,3)19-10-9-16-7-4-5-8-17(16)15-20-11-6-13-21-14-12-20/h4-5,7-8,19H,6,9-15H2,1-3H3. The molecule has 0 saturated carbocycles. The van der Waals surface area contributed by atoms with Crippen LogP contribution in [0.25, 0.3) is 0 Å². The van der Waals surface area contributed by atoms with E-state index in [1.807, 2.05) is 0 Å². The number of rotatable bonds is 5. The molecule has 0 spiro atoms. The van der Waals surface area contributed by atoms with Gasteiger partial charge in [-0.3, -0.25) is 4.90 Å². The molecule has 1 fully saturated rings. The van der Waals surface area contributed by atoms with Crippen LogP contribution in [0.2, 0.25) is 0 Å². The van der Waals surface area contributed by atoms with Crippen molar-refractivity contribution in [2.75, 3.05) is 31.1 Å². The molecular weight excluding hydrogens is 276 g/mol. The van der Waals surface area contributed by atoms with Gasteiger partial charge in [0, 0.05) is 24.4 Å². The number of nitrogens with zero attached hydrogens (tertiary/aromatic N) is 1. The van der Waals surface area contributed by atoms with Crippen molar-refractivity contribution in [1.29, 1.82) is 0 Å². The molecule has 0 radical (unpaired) electrons. The lowest BCUT2D eigenvalue weighted by molar-refractivity contribution is 0.286. The van der Waals surface area contributed by atoms with Gasteiger partial charge >= 0.3 is 0 Å². The molecule has 0 aromatic heterocycles. The molecule has 118 valence electrons. The first kappa shape index (κ1) is 16.9. The molecule has 1 saturated heterocycles. The molecule has 0 atom stereocenters. The molecule has 0 amide bonds. The topological polar surface area (TPSA) is 15.3 Å². The first-order chi connectivity index (χ1) is 10.0. The van der Waals surface area contributed by atoms with Gasteiger partial charge in [0.05, 0.1) is 0 Å². The van der Waals surface area contributed by atoms with Crippen LogP contribution in [0.4, 0.5) is 0 Å². The first-order valence-corrected chi connectivity index (χ1v) is 9.32. The van der Waals surface area contributed by atoms with Gasteiger partial charge in [-0.15, -0.1) is 0 Å². The van der Waals surface area contributed by atoms with E-state index in [2.05, 4.69) is 67.0 Å². The lowest BCUT2D eigenvalue weighted by Gasteiger charge is -2.23. The summed E-state index contributed by atoms with van der Waals surface area (Å²) in [5, 5.41) is 3.59. The van der Waals surface area contributed by atoms with Crippen molar-refractivity contribution < 1.29 is 0 Å². The first-order valence-electron chi connectivity index (χ1n) is 8.16. The van der Waals surface area contributed by atoms with Crippen LogP contribution in [0.15, 0.2) is 24.3 Å². The van der Waals surface area contributed by atoms with E-state index in [1.165, 1.54) is 42.1 Å². The van der Waals surface area contributed by atoms with Gasteiger partial charge in [0.25, 0.3) is 0 Å². The Hall–Kier alpha value is -0.510. The maximum absolute atomic E-state index is 3.59. The molecule has 3 heteroatoms. The Bertz CT molecular complexity index is 417. The summed E-state index contributed by atoms with van der Waals surface area (Å²) in [7, 11) is 0. The summed E-state index contributed by atoms with van der Waals surface area (Å²) in [6.45, 7) is 11.3. The molecule has 1 heterocycles. The van der Waals surface area contributed by atoms with Crippen molar-refractivity contribution in [2.24, 2.45) is 0 Å². The van der Waals surface area contributed by atoms with E-state index in [0.29, 0.717) is 0 Å². The molecule has 1 aliphatic rings. The minimum Gasteiger partial charge on any atom is -0.312 e. The maximum atomic E-state index is 3.59. The minimum atomic E-state index is 0.205. The lowest BCUT2D eigenvalue weighted by Crippen LogP contribution is -2.37. The number of benzene rings is 1. The second-order valence-electron chi connectivity index (χ2n) is 6.94. The highest BCUT2D eigenvalue weighted by atomic mass is 32.2. The van der Waals surface area contributed by atoms with Gasteiger partial charge in [0.1, 0.15) is 0 Å². The van der Waals surface area contributed by atoms with Gasteiger partial charge in [0.15, 0.2) is 0 Å². The summed E-state index contributed by atoms with van der Waals surface area (Å²) in [5.74, 6) is 2.61. The molecule has 2 rings (SSSR count). The van der Waals surface area contributed by atoms with E-state index < -0.39 is 0 Å². The smallest absolute Gasteiger partial charge is 0.0236 e. The number of hydrogen-bond acceptors (Lipinski definition) is 3. The molecule has 1 aliphatic heterocycles. The summed E-state index contributed by atoms with van der Waals surface area (Å²) in [4.78, 5) is 2.62. The van der Waals surface area contributed by atoms with E-state index >= 15 is 0 Å². The zero-order valence-corrected chi connectivity index (χ0v) is 14.6. The largest absolute Gasteiger partial charge is 0.312 e. The lowest BCUT2D eigenvalue weighted by atomic mass is 10.0. The average molecular weight is 307 g/mol. The van der Waals surface area contributed by atoms with Crippen LogP contribution in [-0.2, 0) is 13.0 Å². The van der Waals surface area contributed by atoms with E-state index in [0.717, 1.165) is 19.5 Å². The van der Waals surface area contributed by atoms with Crippen molar-refractivity contribution in [1.82, 2.24) is 10.2 Å². The van der Waals surface area contributed by atoms with Crippen molar-refractivity contribution in [3.05, 3.63) is 35.4 Å². The Morgan fingerprint density at radius 2 is 1.86 bits per heavy atom. The van der Waals surface area contributed by atoms with Gasteiger partial charge < -0.3 is 5.32 Å². The molecule has 1 aromatic carbocycles. The van der Waals surface area contributed by atoms with Crippen molar-refractivity contribution in [3.63, 3.8) is 0 Å². The molecular formula is C18H30N2S. The summed E-state index contributed by atoms with van der Waals surface area (Å²) in [6, 6.07) is 8.97. The van der Waals surface area contributed by atoms with E-state index in [9.17, 15) is 0 Å². The molecule has 1 aromatic rings. The third kappa shape index (κ3) is 6.41. The molecule has 0 unspecified atom stereocenters. The fourth-order valence-electron chi connectivity index (χ4n) is 2.72. The van der Waals surface area contributed by atoms with Crippen LogP contribution in [-0.4, -0.2) is 41.6 Å². The Balaban J connectivity index is 1.92. The van der Waals surface area contributed by atoms with Crippen molar-refractivity contribution >= 4 is 11.8 Å². The van der Waals surface area contributed by atoms with Gasteiger partial charge in [-0.2, -0.15) is 11.8 Å². The van der Waals surface area contributed by atoms with Crippen molar-refractivity contribution in [2.45, 2.75) is 45.7 Å². The van der Waals surface area contributed by atoms with Crippen molar-refractivity contribution in [3.8, 4) is 0 Å². The molecule has 1 N–H and O–H groups in total. The number of nitrogens with one attached hydrogen (secondary N) is 1. The van der Waals surface area contributed by atoms with Gasteiger partial charge in [-0.1, -0.05) is 24.3 Å². The van der Waals surface area contributed by atoms with E-state index in [-0.39, 0.29) is 5.54 Å². The fourth-order valence-corrected chi connectivity index (χ4v) is 3.65. The maximum Gasteiger partial charge on any atom is 0.0236 e. The Kier molecular flexibility index (Phi) is 6.59. The summed E-state index contributed by atoms with van der Waals surface area (Å²) in [6.07, 6.45) is 2.45. The van der Waals surface area contributed by atoms with Crippen LogP contribution in [0, 0.1) is 0 Å². The summed E-state index contributed by atoms with van der Waals surface area (Å²) in [5.41, 5.74) is 3.22. The zero-order valence-electron chi connectivity index (χ0n) is 13.8. The average Bonchev–Trinajstić information content (AvgIpc) is 2.68. The van der Waals surface area contributed by atoms with E-state index in [4.69, 9.17) is 0 Å². The Morgan fingerprint density at radius 1 is 1.10 bits per heavy atom. The van der Waals surface area contributed by atoms with Crippen LogP contribution >= 0.6 is 11.8 Å². The second kappa shape index (κ2) is 8.21. The fraction of sp³-hybridized carbons (Fsp3) is 0.667. The summed E-state index contributed by atoms with van der Waals surface area (Å²) < 4.78 is 0. The normalized spacial score (nSPS) is 17.7. The Labute approximate surface area is 134 Å². The number of hydrogen-bond donors (Lipinski definition) is 1. The third-order valence-corrected chi connectivity index (χ3v) is 4.93. The van der Waals surface area contributed by atoms with E-state index in [1.54, 1.807) is 0 Å². The highest BCUT2D eigenvalue weighted by Gasteiger charge is 2.12. The van der Waals surface area contributed by atoms with Gasteiger partial charge in [0.2, 0.25) is 0 Å². The quantitative estimate of drug-likeness (QED) is 0.895. The molecule has 0 aliphatic carbocycles. The predicted molar refractivity (Wildman–Crippen MR) is 95.1 cm³/mol. The predicted octanol–water partition coefficient (Wildman–Crippen LogP) is 3.56. The Morgan fingerprint density at radius 3 is 2.62 bits per heavy atom. The zero-order chi connectivity index (χ0) is 15.1. The summed E-state index contributed by atoms with van der Waals surface area (Å²) >= 11 is 2.10.